The van der Waals surface area contributed by atoms with Gasteiger partial charge in [-0.1, -0.05) is 25.1 Å². The van der Waals surface area contributed by atoms with Crippen molar-refractivity contribution in [2.24, 2.45) is 4.99 Å². The fourth-order valence-electron chi connectivity index (χ4n) is 2.86. The molecule has 0 radical (unpaired) electrons. The predicted octanol–water partition coefficient (Wildman–Crippen LogP) is 3.40. The number of hydrogen-bond acceptors (Lipinski definition) is 3. The van der Waals surface area contributed by atoms with Crippen molar-refractivity contribution in [1.82, 2.24) is 20.6 Å². The minimum absolute atomic E-state index is 0.705. The molecule has 0 bridgehead atoms. The van der Waals surface area contributed by atoms with Crippen molar-refractivity contribution in [3.05, 3.63) is 51.6 Å². The molecule has 0 atom stereocenters. The van der Waals surface area contributed by atoms with E-state index in [9.17, 15) is 0 Å². The number of rotatable bonds is 6. The smallest absolute Gasteiger partial charge is 0.191 e. The number of aliphatic imine (C=N–C) groups is 1. The van der Waals surface area contributed by atoms with Gasteiger partial charge in [0.2, 0.25) is 0 Å². The van der Waals surface area contributed by atoms with E-state index in [1.807, 2.05) is 6.20 Å². The van der Waals surface area contributed by atoms with Crippen LogP contribution in [0.2, 0.25) is 0 Å². The first-order valence-electron chi connectivity index (χ1n) is 8.65. The van der Waals surface area contributed by atoms with Crippen LogP contribution in [0.3, 0.4) is 0 Å². The molecule has 0 saturated heterocycles. The molecule has 0 saturated carbocycles. The summed E-state index contributed by atoms with van der Waals surface area (Å²) in [5.74, 6) is 0.810. The molecule has 2 aromatic heterocycles. The second-order valence-electron chi connectivity index (χ2n) is 5.99. The third-order valence-electron chi connectivity index (χ3n) is 4.28. The molecule has 132 valence electrons. The van der Waals surface area contributed by atoms with Gasteiger partial charge in [-0.3, -0.25) is 4.99 Å². The first-order chi connectivity index (χ1) is 12.2. The molecule has 0 fully saturated rings. The number of aromatic amines is 1. The number of benzene rings is 1. The Hall–Kier alpha value is -2.34. The molecule has 0 amide bonds. The molecule has 0 aliphatic carbocycles. The molecule has 0 spiro atoms. The van der Waals surface area contributed by atoms with E-state index in [1.165, 1.54) is 26.9 Å². The molecule has 1 aromatic carbocycles. The molecule has 3 rings (SSSR count). The highest BCUT2D eigenvalue weighted by Crippen LogP contribution is 2.21. The van der Waals surface area contributed by atoms with Gasteiger partial charge in [-0.15, -0.1) is 11.3 Å². The summed E-state index contributed by atoms with van der Waals surface area (Å²) in [6, 6.07) is 6.42. The zero-order valence-corrected chi connectivity index (χ0v) is 15.8. The Bertz CT molecular complexity index is 862. The maximum atomic E-state index is 4.43. The summed E-state index contributed by atoms with van der Waals surface area (Å²) in [6.07, 6.45) is 6.05. The second-order valence-corrected chi connectivity index (χ2v) is 7.19. The van der Waals surface area contributed by atoms with Crippen LogP contribution in [0.15, 0.2) is 35.6 Å². The fraction of sp³-hybridized carbons (Fsp3) is 0.368. The van der Waals surface area contributed by atoms with Gasteiger partial charge < -0.3 is 15.6 Å². The number of thiazole rings is 1. The molecule has 3 N–H and O–H groups in total. The van der Waals surface area contributed by atoms with Crippen LogP contribution >= 0.6 is 11.3 Å². The lowest BCUT2D eigenvalue weighted by Gasteiger charge is -2.10. The molecular formula is C19H25N5S. The Morgan fingerprint density at radius 1 is 1.32 bits per heavy atom. The van der Waals surface area contributed by atoms with Crippen LogP contribution in [0.25, 0.3) is 10.9 Å². The summed E-state index contributed by atoms with van der Waals surface area (Å²) in [5.41, 5.74) is 3.84. The van der Waals surface area contributed by atoms with Crippen molar-refractivity contribution in [2.45, 2.75) is 33.2 Å². The molecule has 6 heteroatoms. The SMILES string of the molecule is CCc1cnc(CNC(=NC)NCCc2c[nH]c3c(C)cccc23)s1. The van der Waals surface area contributed by atoms with Gasteiger partial charge in [0, 0.05) is 41.8 Å². The summed E-state index contributed by atoms with van der Waals surface area (Å²) in [6.45, 7) is 5.82. The number of fused-ring (bicyclic) bond motifs is 1. The lowest BCUT2D eigenvalue weighted by Crippen LogP contribution is -2.37. The average molecular weight is 356 g/mol. The molecule has 0 unspecified atom stereocenters. The number of H-pyrrole nitrogens is 1. The minimum atomic E-state index is 0.705. The van der Waals surface area contributed by atoms with Crippen LogP contribution in [0.1, 0.15) is 27.9 Å². The number of para-hydroxylation sites is 1. The van der Waals surface area contributed by atoms with Gasteiger partial charge in [0.05, 0.1) is 6.54 Å². The third-order valence-corrected chi connectivity index (χ3v) is 5.42. The predicted molar refractivity (Wildman–Crippen MR) is 106 cm³/mol. The van der Waals surface area contributed by atoms with Crippen LogP contribution in [0, 0.1) is 6.92 Å². The highest BCUT2D eigenvalue weighted by atomic mass is 32.1. The largest absolute Gasteiger partial charge is 0.361 e. The summed E-state index contributed by atoms with van der Waals surface area (Å²) < 4.78 is 0. The summed E-state index contributed by atoms with van der Waals surface area (Å²) in [5, 5.41) is 9.10. The fourth-order valence-corrected chi connectivity index (χ4v) is 3.66. The van der Waals surface area contributed by atoms with Crippen molar-refractivity contribution in [3.8, 4) is 0 Å². The van der Waals surface area contributed by atoms with E-state index in [0.29, 0.717) is 6.54 Å². The van der Waals surface area contributed by atoms with Crippen molar-refractivity contribution in [1.29, 1.82) is 0 Å². The Kier molecular flexibility index (Phi) is 5.71. The van der Waals surface area contributed by atoms with E-state index in [4.69, 9.17) is 0 Å². The van der Waals surface area contributed by atoms with E-state index in [1.54, 1.807) is 18.4 Å². The first kappa shape index (κ1) is 17.5. The van der Waals surface area contributed by atoms with Gasteiger partial charge in [0.1, 0.15) is 5.01 Å². The van der Waals surface area contributed by atoms with E-state index >= 15 is 0 Å². The van der Waals surface area contributed by atoms with Gasteiger partial charge in [-0.2, -0.15) is 0 Å². The van der Waals surface area contributed by atoms with Crippen molar-refractivity contribution < 1.29 is 0 Å². The molecular weight excluding hydrogens is 330 g/mol. The Morgan fingerprint density at radius 3 is 2.96 bits per heavy atom. The van der Waals surface area contributed by atoms with Crippen LogP contribution in [0.5, 0.6) is 0 Å². The monoisotopic (exact) mass is 355 g/mol. The second kappa shape index (κ2) is 8.16. The number of nitrogens with one attached hydrogen (secondary N) is 3. The highest BCUT2D eigenvalue weighted by molar-refractivity contribution is 7.11. The zero-order chi connectivity index (χ0) is 17.6. The molecule has 2 heterocycles. The van der Waals surface area contributed by atoms with Crippen LogP contribution in [-0.2, 0) is 19.4 Å². The number of guanidine groups is 1. The number of nitrogens with zero attached hydrogens (tertiary/aromatic N) is 2. The standard InChI is InChI=1S/C19H25N5S/c1-4-15-11-22-17(25-15)12-24-19(20-3)21-9-8-14-10-23-18-13(2)6-5-7-16(14)18/h5-7,10-11,23H,4,8-9,12H2,1-3H3,(H2,20,21,24). The molecule has 0 aliphatic rings. The Morgan fingerprint density at radius 2 is 2.20 bits per heavy atom. The van der Waals surface area contributed by atoms with E-state index in [-0.39, 0.29) is 0 Å². The zero-order valence-electron chi connectivity index (χ0n) is 15.0. The highest BCUT2D eigenvalue weighted by Gasteiger charge is 2.06. The summed E-state index contributed by atoms with van der Waals surface area (Å²) in [7, 11) is 1.80. The quantitative estimate of drug-likeness (QED) is 0.469. The summed E-state index contributed by atoms with van der Waals surface area (Å²) in [4.78, 5) is 13.4. The lowest BCUT2D eigenvalue weighted by atomic mass is 10.1. The number of hydrogen-bond donors (Lipinski definition) is 3. The normalized spacial score (nSPS) is 11.9. The van der Waals surface area contributed by atoms with E-state index in [2.05, 4.69) is 63.8 Å². The maximum Gasteiger partial charge on any atom is 0.191 e. The molecule has 5 nitrogen and oxygen atoms in total. The first-order valence-corrected chi connectivity index (χ1v) is 9.46. The molecule has 0 aliphatic heterocycles. The van der Waals surface area contributed by atoms with E-state index < -0.39 is 0 Å². The van der Waals surface area contributed by atoms with Crippen molar-refractivity contribution in [2.75, 3.05) is 13.6 Å². The molecule has 25 heavy (non-hydrogen) atoms. The Labute approximate surface area is 152 Å². The Balaban J connectivity index is 1.52. The number of aryl methyl sites for hydroxylation is 2. The van der Waals surface area contributed by atoms with E-state index in [0.717, 1.165) is 30.4 Å². The average Bonchev–Trinajstić information content (AvgIpc) is 3.25. The third kappa shape index (κ3) is 4.20. The number of aromatic nitrogens is 2. The van der Waals surface area contributed by atoms with Crippen LogP contribution in [0.4, 0.5) is 0 Å². The summed E-state index contributed by atoms with van der Waals surface area (Å²) >= 11 is 1.75. The van der Waals surface area contributed by atoms with Crippen LogP contribution in [-0.4, -0.2) is 29.5 Å². The lowest BCUT2D eigenvalue weighted by molar-refractivity contribution is 0.793. The van der Waals surface area contributed by atoms with Crippen molar-refractivity contribution in [3.63, 3.8) is 0 Å². The van der Waals surface area contributed by atoms with Crippen molar-refractivity contribution >= 4 is 28.2 Å². The van der Waals surface area contributed by atoms with Gasteiger partial charge in [-0.25, -0.2) is 4.98 Å². The minimum Gasteiger partial charge on any atom is -0.361 e. The molecule has 3 aromatic rings. The van der Waals surface area contributed by atoms with Crippen LogP contribution < -0.4 is 10.6 Å². The van der Waals surface area contributed by atoms with Gasteiger partial charge >= 0.3 is 0 Å². The van der Waals surface area contributed by atoms with Gasteiger partial charge in [0.15, 0.2) is 5.96 Å². The topological polar surface area (TPSA) is 65.1 Å². The maximum absolute atomic E-state index is 4.43. The van der Waals surface area contributed by atoms with Gasteiger partial charge in [0.25, 0.3) is 0 Å². The van der Waals surface area contributed by atoms with Gasteiger partial charge in [-0.05, 0) is 30.9 Å².